The van der Waals surface area contributed by atoms with Crippen molar-refractivity contribution in [2.24, 2.45) is 0 Å². The van der Waals surface area contributed by atoms with Crippen LogP contribution in [0.1, 0.15) is 0 Å². The number of rotatable bonds is 6. The van der Waals surface area contributed by atoms with Gasteiger partial charge >= 0.3 is 0 Å². The van der Waals surface area contributed by atoms with Gasteiger partial charge < -0.3 is 13.7 Å². The van der Waals surface area contributed by atoms with Gasteiger partial charge in [-0.1, -0.05) is 127 Å². The van der Waals surface area contributed by atoms with Crippen LogP contribution in [0.25, 0.3) is 88.0 Å². The van der Waals surface area contributed by atoms with Crippen LogP contribution in [0.5, 0.6) is 0 Å². The molecule has 0 bridgehead atoms. The van der Waals surface area contributed by atoms with Crippen molar-refractivity contribution < 1.29 is 8.83 Å². The smallest absolute Gasteiger partial charge is 0.136 e. The first-order valence-corrected chi connectivity index (χ1v) is 18.7. The Morgan fingerprint density at radius 3 is 1.55 bits per heavy atom. The van der Waals surface area contributed by atoms with E-state index in [0.717, 1.165) is 83.2 Å². The van der Waals surface area contributed by atoms with E-state index in [1.807, 2.05) is 24.3 Å². The number of para-hydroxylation sites is 3. The summed E-state index contributed by atoms with van der Waals surface area (Å²) in [6, 6.07) is 71.2. The summed E-state index contributed by atoms with van der Waals surface area (Å²) in [7, 11) is 0. The van der Waals surface area contributed by atoms with E-state index < -0.39 is 0 Å². The second-order valence-electron chi connectivity index (χ2n) is 14.1. The van der Waals surface area contributed by atoms with Crippen LogP contribution in [-0.4, -0.2) is 0 Å². The number of furan rings is 2. The quantitative estimate of drug-likeness (QED) is 0.173. The molecule has 9 aromatic carbocycles. The van der Waals surface area contributed by atoms with Crippen molar-refractivity contribution in [3.63, 3.8) is 0 Å². The maximum absolute atomic E-state index is 6.24. The number of fused-ring (bicyclic) bond motifs is 7. The molecule has 0 aliphatic rings. The topological polar surface area (TPSA) is 29.5 Å². The predicted octanol–water partition coefficient (Wildman–Crippen LogP) is 15.1. The summed E-state index contributed by atoms with van der Waals surface area (Å²) < 4.78 is 12.4. The highest BCUT2D eigenvalue weighted by Gasteiger charge is 2.19. The van der Waals surface area contributed by atoms with Crippen LogP contribution >= 0.6 is 0 Å². The third kappa shape index (κ3) is 5.36. The lowest BCUT2D eigenvalue weighted by atomic mass is 9.98. The summed E-state index contributed by atoms with van der Waals surface area (Å²) in [5.74, 6) is 0. The number of hydrogen-bond donors (Lipinski definition) is 0. The Bertz CT molecular complexity index is 3200. The molecular weight excluding hydrogens is 671 g/mol. The zero-order valence-corrected chi connectivity index (χ0v) is 29.8. The molecule has 0 amide bonds. The SMILES string of the molecule is c1ccc(N(c2ccc(-c3ccc4ccccc4c3)cc2)c2ccc(-c3ccc4c(c3)oc3ccccc34)cc2)c(-c2ccc3oc4ccccc4c3c2)c1. The van der Waals surface area contributed by atoms with Crippen molar-refractivity contribution >= 4 is 71.7 Å². The van der Waals surface area contributed by atoms with E-state index in [4.69, 9.17) is 8.83 Å². The van der Waals surface area contributed by atoms with Gasteiger partial charge in [0.15, 0.2) is 0 Å². The Morgan fingerprint density at radius 2 is 0.800 bits per heavy atom. The Hall–Kier alpha value is -7.36. The third-order valence-electron chi connectivity index (χ3n) is 10.9. The second kappa shape index (κ2) is 12.6. The molecule has 0 saturated heterocycles. The van der Waals surface area contributed by atoms with Gasteiger partial charge in [0.25, 0.3) is 0 Å². The highest BCUT2D eigenvalue weighted by molar-refractivity contribution is 6.07. The molecule has 2 aromatic heterocycles. The summed E-state index contributed by atoms with van der Waals surface area (Å²) >= 11 is 0. The largest absolute Gasteiger partial charge is 0.456 e. The molecule has 0 fully saturated rings. The molecule has 3 nitrogen and oxygen atoms in total. The van der Waals surface area contributed by atoms with Gasteiger partial charge in [-0.2, -0.15) is 0 Å². The highest BCUT2D eigenvalue weighted by Crippen LogP contribution is 2.43. The monoisotopic (exact) mass is 703 g/mol. The molecule has 11 rings (SSSR count). The third-order valence-corrected chi connectivity index (χ3v) is 10.9. The van der Waals surface area contributed by atoms with Gasteiger partial charge in [0.05, 0.1) is 5.69 Å². The number of nitrogens with zero attached hydrogens (tertiary/aromatic N) is 1. The first kappa shape index (κ1) is 31.2. The zero-order valence-electron chi connectivity index (χ0n) is 29.8. The molecule has 0 aliphatic heterocycles. The van der Waals surface area contributed by atoms with Crippen molar-refractivity contribution in [2.45, 2.75) is 0 Å². The van der Waals surface area contributed by atoms with Crippen molar-refractivity contribution in [2.75, 3.05) is 4.90 Å². The first-order valence-electron chi connectivity index (χ1n) is 18.7. The Labute approximate surface area is 317 Å². The molecule has 0 spiro atoms. The van der Waals surface area contributed by atoms with E-state index in [-0.39, 0.29) is 0 Å². The predicted molar refractivity (Wildman–Crippen MR) is 229 cm³/mol. The average molecular weight is 704 g/mol. The molecule has 0 aliphatic carbocycles. The van der Waals surface area contributed by atoms with Crippen LogP contribution in [-0.2, 0) is 0 Å². The molecule has 0 atom stereocenters. The van der Waals surface area contributed by atoms with Crippen LogP contribution in [0, 0.1) is 0 Å². The molecule has 0 unspecified atom stereocenters. The van der Waals surface area contributed by atoms with E-state index >= 15 is 0 Å². The van der Waals surface area contributed by atoms with Gasteiger partial charge in [-0.15, -0.1) is 0 Å². The fraction of sp³-hybridized carbons (Fsp3) is 0. The summed E-state index contributed by atoms with van der Waals surface area (Å²) in [6.45, 7) is 0. The Morgan fingerprint density at radius 1 is 0.291 bits per heavy atom. The zero-order chi connectivity index (χ0) is 36.3. The summed E-state index contributed by atoms with van der Waals surface area (Å²) in [5, 5.41) is 6.98. The molecule has 258 valence electrons. The van der Waals surface area contributed by atoms with Gasteiger partial charge in [0.1, 0.15) is 22.3 Å². The van der Waals surface area contributed by atoms with Gasteiger partial charge in [-0.3, -0.25) is 0 Å². The van der Waals surface area contributed by atoms with Gasteiger partial charge in [-0.25, -0.2) is 0 Å². The van der Waals surface area contributed by atoms with E-state index in [1.54, 1.807) is 0 Å². The van der Waals surface area contributed by atoms with Crippen molar-refractivity contribution in [3.05, 3.63) is 200 Å². The van der Waals surface area contributed by atoms with Crippen LogP contribution in [0.4, 0.5) is 17.1 Å². The standard InChI is InChI=1S/C52H33NO2/c1-2-10-37-31-38(18-17-34(37)9-1)35-19-25-41(26-20-35)53(42-27-21-36(22-28-42)39-23-29-46-44-12-4-7-15-49(44)55-52(46)33-39)48-14-6-3-11-43(48)40-24-30-51-47(32-40)45-13-5-8-16-50(45)54-51/h1-33H. The van der Waals surface area contributed by atoms with Crippen molar-refractivity contribution in [3.8, 4) is 33.4 Å². The summed E-state index contributed by atoms with van der Waals surface area (Å²) in [5.41, 5.74) is 13.7. The van der Waals surface area contributed by atoms with Gasteiger partial charge in [-0.05, 0) is 111 Å². The molecule has 0 radical (unpaired) electrons. The minimum absolute atomic E-state index is 0.889. The van der Waals surface area contributed by atoms with Crippen LogP contribution in [0.3, 0.4) is 0 Å². The maximum Gasteiger partial charge on any atom is 0.136 e. The van der Waals surface area contributed by atoms with Crippen LogP contribution in [0.2, 0.25) is 0 Å². The molecule has 3 heteroatoms. The average Bonchev–Trinajstić information content (AvgIpc) is 3.82. The molecule has 0 saturated carbocycles. The molecule has 11 aromatic rings. The van der Waals surface area contributed by atoms with E-state index in [1.165, 1.54) is 21.9 Å². The fourth-order valence-corrected chi connectivity index (χ4v) is 8.11. The Balaban J connectivity index is 1.03. The minimum Gasteiger partial charge on any atom is -0.456 e. The van der Waals surface area contributed by atoms with E-state index in [9.17, 15) is 0 Å². The molecule has 0 N–H and O–H groups in total. The second-order valence-corrected chi connectivity index (χ2v) is 14.1. The van der Waals surface area contributed by atoms with Crippen molar-refractivity contribution in [1.82, 2.24) is 0 Å². The lowest BCUT2D eigenvalue weighted by molar-refractivity contribution is 0.668. The highest BCUT2D eigenvalue weighted by atomic mass is 16.3. The first-order chi connectivity index (χ1) is 27.2. The van der Waals surface area contributed by atoms with Gasteiger partial charge in [0, 0.05) is 38.5 Å². The number of anilines is 3. The Kier molecular flexibility index (Phi) is 7.17. The number of benzene rings is 9. The summed E-state index contributed by atoms with van der Waals surface area (Å²) in [6.07, 6.45) is 0. The number of hydrogen-bond acceptors (Lipinski definition) is 3. The minimum atomic E-state index is 0.889. The maximum atomic E-state index is 6.24. The lowest BCUT2D eigenvalue weighted by Crippen LogP contribution is -2.11. The van der Waals surface area contributed by atoms with Gasteiger partial charge in [0.2, 0.25) is 0 Å². The van der Waals surface area contributed by atoms with E-state index in [0.29, 0.717) is 0 Å². The lowest BCUT2D eigenvalue weighted by Gasteiger charge is -2.28. The fourth-order valence-electron chi connectivity index (χ4n) is 8.11. The van der Waals surface area contributed by atoms with Crippen LogP contribution < -0.4 is 4.90 Å². The van der Waals surface area contributed by atoms with Crippen molar-refractivity contribution in [1.29, 1.82) is 0 Å². The molecule has 2 heterocycles. The normalized spacial score (nSPS) is 11.6. The summed E-state index contributed by atoms with van der Waals surface area (Å²) in [4.78, 5) is 2.36. The van der Waals surface area contributed by atoms with E-state index in [2.05, 4.69) is 181 Å². The molecule has 55 heavy (non-hydrogen) atoms. The van der Waals surface area contributed by atoms with Crippen LogP contribution in [0.15, 0.2) is 209 Å². The molecular formula is C52H33NO2.